The van der Waals surface area contributed by atoms with Gasteiger partial charge < -0.3 is 15.1 Å². The lowest BCUT2D eigenvalue weighted by atomic mass is 10.1. The van der Waals surface area contributed by atoms with Crippen molar-refractivity contribution in [2.24, 2.45) is 4.99 Å². The molecule has 0 aliphatic carbocycles. The fraction of sp³-hybridized carbons (Fsp3) is 0.389. The van der Waals surface area contributed by atoms with E-state index in [1.54, 1.807) is 18.4 Å². The van der Waals surface area contributed by atoms with Crippen molar-refractivity contribution in [1.82, 2.24) is 10.6 Å². The average molecular weight is 371 g/mol. The van der Waals surface area contributed by atoms with Crippen LogP contribution < -0.4 is 10.6 Å². The van der Waals surface area contributed by atoms with Gasteiger partial charge in [0.1, 0.15) is 5.76 Å². The van der Waals surface area contributed by atoms with E-state index in [0.29, 0.717) is 37.5 Å². The van der Waals surface area contributed by atoms with Gasteiger partial charge in [-0.15, -0.1) is 0 Å². The first kappa shape index (κ1) is 19.8. The lowest BCUT2D eigenvalue weighted by Gasteiger charge is -2.12. The minimum atomic E-state index is -4.39. The Morgan fingerprint density at radius 2 is 1.88 bits per heavy atom. The quantitative estimate of drug-likeness (QED) is 0.320. The van der Waals surface area contributed by atoms with E-state index in [9.17, 15) is 17.6 Å². The molecule has 0 unspecified atom stereocenters. The van der Waals surface area contributed by atoms with E-state index >= 15 is 0 Å². The molecule has 0 amide bonds. The zero-order valence-electron chi connectivity index (χ0n) is 14.2. The zero-order chi connectivity index (χ0) is 18.8. The van der Waals surface area contributed by atoms with Crippen LogP contribution in [0.4, 0.5) is 17.6 Å². The smallest absolute Gasteiger partial charge is 0.416 e. The van der Waals surface area contributed by atoms with E-state index in [4.69, 9.17) is 4.42 Å². The maximum Gasteiger partial charge on any atom is 0.416 e. The van der Waals surface area contributed by atoms with E-state index in [1.807, 2.05) is 6.07 Å². The van der Waals surface area contributed by atoms with Gasteiger partial charge >= 0.3 is 6.18 Å². The van der Waals surface area contributed by atoms with Crippen molar-refractivity contribution in [2.45, 2.75) is 25.6 Å². The molecule has 2 rings (SSSR count). The highest BCUT2D eigenvalue weighted by atomic mass is 19.4. The van der Waals surface area contributed by atoms with E-state index < -0.39 is 18.4 Å². The molecule has 0 aliphatic heterocycles. The van der Waals surface area contributed by atoms with Gasteiger partial charge in [-0.25, -0.2) is 4.99 Å². The third-order valence-corrected chi connectivity index (χ3v) is 3.52. The summed E-state index contributed by atoms with van der Waals surface area (Å²) in [5.41, 5.74) is -0.264. The number of benzene rings is 1. The Bertz CT molecular complexity index is 684. The van der Waals surface area contributed by atoms with Crippen molar-refractivity contribution in [3.8, 4) is 0 Å². The molecule has 0 saturated carbocycles. The number of furan rings is 1. The lowest BCUT2D eigenvalue weighted by molar-refractivity contribution is -0.137. The highest BCUT2D eigenvalue weighted by Crippen LogP contribution is 2.29. The summed E-state index contributed by atoms with van der Waals surface area (Å²) in [6, 6.07) is 8.67. The Balaban J connectivity index is 1.96. The molecular formula is C18H21F4N3O. The number of hydrogen-bond acceptors (Lipinski definition) is 2. The molecule has 1 aromatic carbocycles. The topological polar surface area (TPSA) is 49.6 Å². The number of rotatable bonds is 8. The van der Waals surface area contributed by atoms with E-state index in [0.717, 1.165) is 17.9 Å². The molecule has 0 spiro atoms. The first-order valence-corrected chi connectivity index (χ1v) is 8.25. The lowest BCUT2D eigenvalue weighted by Crippen LogP contribution is -2.39. The van der Waals surface area contributed by atoms with Gasteiger partial charge in [-0.05, 0) is 36.2 Å². The summed E-state index contributed by atoms with van der Waals surface area (Å²) in [5.74, 6) is 1.22. The van der Waals surface area contributed by atoms with Crippen LogP contribution >= 0.6 is 0 Å². The third kappa shape index (κ3) is 6.78. The standard InChI is InChI=1S/C18H21F4N3O/c19-8-3-9-23-17(24-10-7-16-6-2-11-26-16)25-13-14-4-1-5-15(12-14)18(20,21)22/h1-2,4-6,11-12H,3,7-10,13H2,(H2,23,24,25). The minimum absolute atomic E-state index is 0.0790. The normalized spacial score (nSPS) is 12.2. The molecule has 0 saturated heterocycles. The molecule has 8 heteroatoms. The molecule has 142 valence electrons. The van der Waals surface area contributed by atoms with Crippen LogP contribution in [-0.4, -0.2) is 25.7 Å². The number of nitrogens with one attached hydrogen (secondary N) is 2. The average Bonchev–Trinajstić information content (AvgIpc) is 3.12. The van der Waals surface area contributed by atoms with Crippen LogP contribution in [-0.2, 0) is 19.1 Å². The number of hydrogen-bond donors (Lipinski definition) is 2. The van der Waals surface area contributed by atoms with Gasteiger partial charge in [-0.1, -0.05) is 12.1 Å². The predicted octanol–water partition coefficient (Wildman–Crippen LogP) is 3.94. The molecule has 26 heavy (non-hydrogen) atoms. The van der Waals surface area contributed by atoms with E-state index in [2.05, 4.69) is 15.6 Å². The van der Waals surface area contributed by atoms with Crippen LogP contribution in [0.15, 0.2) is 52.1 Å². The Hall–Kier alpha value is -2.51. The van der Waals surface area contributed by atoms with Crippen molar-refractivity contribution in [2.75, 3.05) is 19.8 Å². The summed E-state index contributed by atoms with van der Waals surface area (Å²) < 4.78 is 55.8. The number of alkyl halides is 4. The molecule has 0 aliphatic rings. The fourth-order valence-electron chi connectivity index (χ4n) is 2.22. The van der Waals surface area contributed by atoms with Crippen LogP contribution in [0.1, 0.15) is 23.3 Å². The molecule has 1 heterocycles. The van der Waals surface area contributed by atoms with Gasteiger partial charge in [0.25, 0.3) is 0 Å². The van der Waals surface area contributed by atoms with Gasteiger partial charge in [-0.2, -0.15) is 13.2 Å². The Kier molecular flexibility index (Phi) is 7.50. The van der Waals surface area contributed by atoms with Gasteiger partial charge in [-0.3, -0.25) is 4.39 Å². The molecule has 1 aromatic heterocycles. The highest BCUT2D eigenvalue weighted by Gasteiger charge is 2.30. The summed E-state index contributed by atoms with van der Waals surface area (Å²) in [6.07, 6.45) is -1.86. The summed E-state index contributed by atoms with van der Waals surface area (Å²) in [6.45, 7) is 0.527. The van der Waals surface area contributed by atoms with Crippen molar-refractivity contribution >= 4 is 5.96 Å². The third-order valence-electron chi connectivity index (χ3n) is 3.52. The number of aliphatic imine (C=N–C) groups is 1. The summed E-state index contributed by atoms with van der Waals surface area (Å²) in [4.78, 5) is 4.28. The SMILES string of the molecule is FCCCNC(=NCc1cccc(C(F)(F)F)c1)NCCc1ccco1. The molecule has 0 atom stereocenters. The van der Waals surface area contributed by atoms with Crippen molar-refractivity contribution in [1.29, 1.82) is 0 Å². The monoisotopic (exact) mass is 371 g/mol. The van der Waals surface area contributed by atoms with E-state index in [1.165, 1.54) is 6.07 Å². The van der Waals surface area contributed by atoms with Gasteiger partial charge in [0.15, 0.2) is 5.96 Å². The molecule has 0 radical (unpaired) electrons. The van der Waals surface area contributed by atoms with Gasteiger partial charge in [0.05, 0.1) is 25.0 Å². The molecular weight excluding hydrogens is 350 g/mol. The number of halogens is 4. The van der Waals surface area contributed by atoms with E-state index in [-0.39, 0.29) is 6.54 Å². The Morgan fingerprint density at radius 1 is 1.08 bits per heavy atom. The predicted molar refractivity (Wildman–Crippen MR) is 91.6 cm³/mol. The minimum Gasteiger partial charge on any atom is -0.469 e. The van der Waals surface area contributed by atoms with Crippen molar-refractivity contribution in [3.63, 3.8) is 0 Å². The first-order valence-electron chi connectivity index (χ1n) is 8.25. The van der Waals surface area contributed by atoms with Gasteiger partial charge in [0.2, 0.25) is 0 Å². The Labute approximate surface area is 149 Å². The molecule has 0 fully saturated rings. The van der Waals surface area contributed by atoms with Crippen LogP contribution in [0.3, 0.4) is 0 Å². The zero-order valence-corrected chi connectivity index (χ0v) is 14.2. The second-order valence-corrected chi connectivity index (χ2v) is 5.59. The largest absolute Gasteiger partial charge is 0.469 e. The Morgan fingerprint density at radius 3 is 2.58 bits per heavy atom. The van der Waals surface area contributed by atoms with Crippen LogP contribution in [0.2, 0.25) is 0 Å². The highest BCUT2D eigenvalue weighted by molar-refractivity contribution is 5.79. The summed E-state index contributed by atoms with van der Waals surface area (Å²) in [5, 5.41) is 6.03. The maximum absolute atomic E-state index is 12.8. The second-order valence-electron chi connectivity index (χ2n) is 5.59. The molecule has 2 aromatic rings. The fourth-order valence-corrected chi connectivity index (χ4v) is 2.22. The summed E-state index contributed by atoms with van der Waals surface area (Å²) >= 11 is 0. The first-order chi connectivity index (χ1) is 12.5. The van der Waals surface area contributed by atoms with Crippen LogP contribution in [0.25, 0.3) is 0 Å². The number of guanidine groups is 1. The van der Waals surface area contributed by atoms with Crippen molar-refractivity contribution < 1.29 is 22.0 Å². The van der Waals surface area contributed by atoms with Crippen molar-refractivity contribution in [3.05, 3.63) is 59.5 Å². The summed E-state index contributed by atoms with van der Waals surface area (Å²) in [7, 11) is 0. The number of nitrogens with zero attached hydrogens (tertiary/aromatic N) is 1. The van der Waals surface area contributed by atoms with Crippen LogP contribution in [0.5, 0.6) is 0 Å². The van der Waals surface area contributed by atoms with Gasteiger partial charge in [0, 0.05) is 19.5 Å². The molecule has 2 N–H and O–H groups in total. The molecule has 0 bridgehead atoms. The molecule has 4 nitrogen and oxygen atoms in total. The second kappa shape index (κ2) is 9.84. The maximum atomic E-state index is 12.8. The van der Waals surface area contributed by atoms with Crippen LogP contribution in [0, 0.1) is 0 Å².